The quantitative estimate of drug-likeness (QED) is 0.356. The molecule has 4 aromatic rings. The predicted molar refractivity (Wildman–Crippen MR) is 130 cm³/mol. The van der Waals surface area contributed by atoms with E-state index in [0.29, 0.717) is 17.0 Å². The van der Waals surface area contributed by atoms with E-state index in [1.165, 1.54) is 36.5 Å². The minimum absolute atomic E-state index is 0.0326. The Hall–Kier alpha value is -4.19. The van der Waals surface area contributed by atoms with Crippen LogP contribution in [0.3, 0.4) is 0 Å². The fourth-order valence-electron chi connectivity index (χ4n) is 3.40. The minimum Gasteiger partial charge on any atom is -0.439 e. The van der Waals surface area contributed by atoms with Crippen LogP contribution in [0.5, 0.6) is 0 Å². The number of alkyl halides is 3. The lowest BCUT2D eigenvalue weighted by atomic mass is 10.2. The Morgan fingerprint density at radius 1 is 0.973 bits per heavy atom. The van der Waals surface area contributed by atoms with Crippen molar-refractivity contribution in [1.82, 2.24) is 15.3 Å². The van der Waals surface area contributed by atoms with Crippen LogP contribution >= 0.6 is 0 Å². The van der Waals surface area contributed by atoms with E-state index >= 15 is 0 Å². The number of hydrogen-bond acceptors (Lipinski definition) is 6. The van der Waals surface area contributed by atoms with Crippen molar-refractivity contribution in [2.75, 3.05) is 10.6 Å². The molecule has 0 bridgehead atoms. The molecule has 37 heavy (non-hydrogen) atoms. The molecule has 0 aliphatic heterocycles. The van der Waals surface area contributed by atoms with E-state index in [1.807, 2.05) is 30.3 Å². The van der Waals surface area contributed by atoms with Crippen LogP contribution in [0.2, 0.25) is 0 Å². The number of hydrogen-bond donors (Lipinski definition) is 1. The van der Waals surface area contributed by atoms with Crippen molar-refractivity contribution < 1.29 is 30.8 Å². The van der Waals surface area contributed by atoms with Crippen molar-refractivity contribution in [3.05, 3.63) is 102 Å². The fourth-order valence-corrected chi connectivity index (χ4v) is 4.25. The second-order valence-corrected chi connectivity index (χ2v) is 9.94. The monoisotopic (exact) mass is 530 g/mol. The Bertz CT molecular complexity index is 1470. The molecule has 2 aromatic carbocycles. The highest BCUT2D eigenvalue weighted by Gasteiger charge is 2.32. The summed E-state index contributed by atoms with van der Waals surface area (Å²) in [4.78, 5) is 20.0. The second kappa shape index (κ2) is 10.4. The fraction of sp³-hybridized carbons (Fsp3) is 0.160. The van der Waals surface area contributed by atoms with Gasteiger partial charge in [0, 0.05) is 23.9 Å². The van der Waals surface area contributed by atoms with Gasteiger partial charge in [-0.05, 0) is 35.9 Å². The minimum atomic E-state index is -4.54. The molecule has 192 valence electrons. The van der Waals surface area contributed by atoms with E-state index in [9.17, 15) is 26.4 Å². The zero-order chi connectivity index (χ0) is 26.6. The van der Waals surface area contributed by atoms with Gasteiger partial charge >= 0.3 is 6.18 Å². The van der Waals surface area contributed by atoms with Gasteiger partial charge in [-0.3, -0.25) is 14.1 Å². The van der Waals surface area contributed by atoms with Gasteiger partial charge in [-0.2, -0.15) is 13.2 Å². The number of carbonyl (C=O) groups excluding carboxylic acids is 1. The second-order valence-electron chi connectivity index (χ2n) is 8.03. The summed E-state index contributed by atoms with van der Waals surface area (Å²) in [5.41, 5.74) is 0.705. The number of benzene rings is 2. The Kier molecular flexibility index (Phi) is 7.30. The summed E-state index contributed by atoms with van der Waals surface area (Å²) >= 11 is 0. The average Bonchev–Trinajstić information content (AvgIpc) is 3.34. The van der Waals surface area contributed by atoms with E-state index in [0.717, 1.165) is 28.4 Å². The Labute approximate surface area is 210 Å². The van der Waals surface area contributed by atoms with E-state index < -0.39 is 27.8 Å². The lowest BCUT2D eigenvalue weighted by Gasteiger charge is -2.21. The van der Waals surface area contributed by atoms with Crippen LogP contribution in [-0.4, -0.2) is 30.5 Å². The van der Waals surface area contributed by atoms with Crippen LogP contribution in [0.4, 0.5) is 18.9 Å². The van der Waals surface area contributed by atoms with E-state index in [2.05, 4.69) is 15.3 Å². The number of aromatic nitrogens is 2. The molecular formula is C25H21F3N4O4S. The molecule has 0 saturated carbocycles. The summed E-state index contributed by atoms with van der Waals surface area (Å²) < 4.78 is 69.7. The van der Waals surface area contributed by atoms with Gasteiger partial charge in [0.2, 0.25) is 15.9 Å². The zero-order valence-electron chi connectivity index (χ0n) is 19.4. The number of nitrogens with one attached hydrogen (secondary N) is 1. The molecule has 2 aromatic heterocycles. The third-order valence-corrected chi connectivity index (χ3v) is 6.42. The number of sulfonamides is 1. The maximum Gasteiger partial charge on any atom is 0.433 e. The zero-order valence-corrected chi connectivity index (χ0v) is 20.3. The molecule has 0 radical (unpaired) electrons. The number of carbonyl (C=O) groups is 1. The van der Waals surface area contributed by atoms with Crippen LogP contribution in [-0.2, 0) is 29.3 Å². The number of oxazole rings is 1. The summed E-state index contributed by atoms with van der Waals surface area (Å²) in [7, 11) is -3.72. The van der Waals surface area contributed by atoms with Crippen molar-refractivity contribution >= 4 is 21.6 Å². The summed E-state index contributed by atoms with van der Waals surface area (Å²) in [5, 5.41) is 2.59. The van der Waals surface area contributed by atoms with Crippen molar-refractivity contribution in [2.45, 2.75) is 19.3 Å². The van der Waals surface area contributed by atoms with E-state index in [-0.39, 0.29) is 24.5 Å². The molecule has 1 amide bonds. The lowest BCUT2D eigenvalue weighted by Crippen LogP contribution is -2.29. The van der Waals surface area contributed by atoms with Crippen LogP contribution in [0.1, 0.15) is 27.5 Å². The number of halogens is 3. The van der Waals surface area contributed by atoms with E-state index in [4.69, 9.17) is 4.42 Å². The van der Waals surface area contributed by atoms with Gasteiger partial charge < -0.3 is 9.73 Å². The van der Waals surface area contributed by atoms with Gasteiger partial charge in [0.05, 0.1) is 18.1 Å². The average molecular weight is 531 g/mol. The molecule has 0 saturated heterocycles. The van der Waals surface area contributed by atoms with Crippen LogP contribution in [0.25, 0.3) is 11.3 Å². The van der Waals surface area contributed by atoms with Crippen LogP contribution in [0.15, 0.2) is 83.5 Å². The number of pyridine rings is 1. The smallest absolute Gasteiger partial charge is 0.433 e. The van der Waals surface area contributed by atoms with Crippen molar-refractivity contribution in [2.24, 2.45) is 0 Å². The largest absolute Gasteiger partial charge is 0.439 e. The van der Waals surface area contributed by atoms with Gasteiger partial charge in [0.25, 0.3) is 5.91 Å². The summed E-state index contributed by atoms with van der Waals surface area (Å²) in [6.07, 6.45) is -0.930. The van der Waals surface area contributed by atoms with E-state index in [1.54, 1.807) is 0 Å². The molecule has 8 nitrogen and oxygen atoms in total. The van der Waals surface area contributed by atoms with Crippen LogP contribution < -0.4 is 9.62 Å². The number of anilines is 1. The maximum atomic E-state index is 12.6. The molecule has 0 fully saturated rings. The first kappa shape index (κ1) is 25.9. The molecule has 4 rings (SSSR count). The molecule has 12 heteroatoms. The molecule has 1 N–H and O–H groups in total. The van der Waals surface area contributed by atoms with Gasteiger partial charge in [0.15, 0.2) is 5.76 Å². The molecule has 0 atom stereocenters. The summed E-state index contributed by atoms with van der Waals surface area (Å²) in [6, 6.07) is 17.1. The van der Waals surface area contributed by atoms with Crippen molar-refractivity contribution in [1.29, 1.82) is 0 Å². The Morgan fingerprint density at radius 2 is 1.68 bits per heavy atom. The number of amides is 1. The Morgan fingerprint density at radius 3 is 2.27 bits per heavy atom. The SMILES string of the molecule is CS(=O)(=O)N(Cc1ncc(-c2ccccc2)o1)c1ccc(C(=O)NCc2ccc(C(F)(F)F)nc2)cc1. The highest BCUT2D eigenvalue weighted by molar-refractivity contribution is 7.92. The van der Waals surface area contributed by atoms with Crippen LogP contribution in [0, 0.1) is 0 Å². The third-order valence-electron chi connectivity index (χ3n) is 5.28. The standard InChI is InChI=1S/C25H21F3N4O4S/c1-37(34,35)32(16-23-30-15-21(36-23)18-5-3-2-4-6-18)20-10-8-19(9-11-20)24(33)31-14-17-7-12-22(29-13-17)25(26,27)28/h2-13,15H,14,16H2,1H3,(H,31,33). The highest BCUT2D eigenvalue weighted by Crippen LogP contribution is 2.27. The molecule has 0 aliphatic carbocycles. The highest BCUT2D eigenvalue weighted by atomic mass is 32.2. The number of rotatable bonds is 8. The maximum absolute atomic E-state index is 12.6. The summed E-state index contributed by atoms with van der Waals surface area (Å²) in [5.74, 6) is 0.202. The topological polar surface area (TPSA) is 105 Å². The molecule has 2 heterocycles. The van der Waals surface area contributed by atoms with Gasteiger partial charge in [-0.15, -0.1) is 0 Å². The van der Waals surface area contributed by atoms with Gasteiger partial charge in [0.1, 0.15) is 12.2 Å². The van der Waals surface area contributed by atoms with Gasteiger partial charge in [-0.25, -0.2) is 13.4 Å². The molecule has 0 spiro atoms. The lowest BCUT2D eigenvalue weighted by molar-refractivity contribution is -0.141. The molecule has 0 unspecified atom stereocenters. The Balaban J connectivity index is 1.43. The first-order valence-corrected chi connectivity index (χ1v) is 12.7. The normalized spacial score (nSPS) is 11.8. The van der Waals surface area contributed by atoms with Crippen molar-refractivity contribution in [3.8, 4) is 11.3 Å². The number of nitrogens with zero attached hydrogens (tertiary/aromatic N) is 3. The summed E-state index contributed by atoms with van der Waals surface area (Å²) in [6.45, 7) is -0.187. The first-order chi connectivity index (χ1) is 17.5. The predicted octanol–water partition coefficient (Wildman–Crippen LogP) is 4.65. The third kappa shape index (κ3) is 6.53. The first-order valence-electron chi connectivity index (χ1n) is 10.9. The van der Waals surface area contributed by atoms with Gasteiger partial charge in [-0.1, -0.05) is 36.4 Å². The van der Waals surface area contributed by atoms with Crippen molar-refractivity contribution in [3.63, 3.8) is 0 Å². The molecule has 0 aliphatic rings. The molecular weight excluding hydrogens is 509 g/mol.